The first-order valence-electron chi connectivity index (χ1n) is 4.17. The van der Waals surface area contributed by atoms with Gasteiger partial charge in [-0.05, 0) is 32.0 Å². The average molecular weight is 173 g/mol. The molecule has 0 radical (unpaired) electrons. The van der Waals surface area contributed by atoms with E-state index >= 15 is 0 Å². The molecule has 0 saturated carbocycles. The molecule has 0 fully saturated rings. The topological polar surface area (TPSA) is 51.8 Å². The summed E-state index contributed by atoms with van der Waals surface area (Å²) < 4.78 is 0. The zero-order valence-corrected chi connectivity index (χ0v) is 7.70. The van der Waals surface area contributed by atoms with Gasteiger partial charge in [-0.1, -0.05) is 0 Å². The zero-order valence-electron chi connectivity index (χ0n) is 7.70. The summed E-state index contributed by atoms with van der Waals surface area (Å²) in [5.74, 6) is 0. The second-order valence-electron chi connectivity index (χ2n) is 3.14. The third-order valence-electron chi connectivity index (χ3n) is 2.10. The molecule has 66 valence electrons. The summed E-state index contributed by atoms with van der Waals surface area (Å²) in [6.07, 6.45) is 0. The van der Waals surface area contributed by atoms with Gasteiger partial charge in [-0.3, -0.25) is 0 Å². The summed E-state index contributed by atoms with van der Waals surface area (Å²) in [5, 5.41) is 0. The lowest BCUT2D eigenvalue weighted by Gasteiger charge is -2.02. The molecule has 0 unspecified atom stereocenters. The van der Waals surface area contributed by atoms with Crippen molar-refractivity contribution in [3.8, 4) is 0 Å². The number of aromatic nitrogens is 2. The molecule has 0 atom stereocenters. The normalized spacial score (nSPS) is 10.6. The zero-order chi connectivity index (χ0) is 9.42. The lowest BCUT2D eigenvalue weighted by atomic mass is 10.2. The van der Waals surface area contributed by atoms with Gasteiger partial charge in [-0.15, -0.1) is 0 Å². The maximum Gasteiger partial charge on any atom is 0.0910 e. The fraction of sp³-hybridized carbons (Fsp3) is 0.200. The van der Waals surface area contributed by atoms with Crippen molar-refractivity contribution in [2.24, 2.45) is 0 Å². The number of nitrogens with zero attached hydrogens (tertiary/aromatic N) is 2. The summed E-state index contributed by atoms with van der Waals surface area (Å²) in [7, 11) is 0. The number of nitrogen functional groups attached to an aromatic ring is 1. The molecule has 3 heteroatoms. The molecule has 0 spiro atoms. The van der Waals surface area contributed by atoms with Crippen molar-refractivity contribution in [1.29, 1.82) is 0 Å². The minimum Gasteiger partial charge on any atom is -0.399 e. The van der Waals surface area contributed by atoms with E-state index in [1.54, 1.807) is 0 Å². The maximum absolute atomic E-state index is 5.64. The van der Waals surface area contributed by atoms with Gasteiger partial charge in [-0.25, -0.2) is 9.97 Å². The third kappa shape index (κ3) is 1.33. The molecule has 1 heterocycles. The number of hydrogen-bond acceptors (Lipinski definition) is 3. The van der Waals surface area contributed by atoms with Crippen LogP contribution in [-0.4, -0.2) is 9.97 Å². The Morgan fingerprint density at radius 1 is 1.00 bits per heavy atom. The minimum absolute atomic E-state index is 0.727. The van der Waals surface area contributed by atoms with E-state index in [9.17, 15) is 0 Å². The molecule has 0 bridgehead atoms. The summed E-state index contributed by atoms with van der Waals surface area (Å²) in [6.45, 7) is 3.91. The van der Waals surface area contributed by atoms with Crippen LogP contribution in [0.25, 0.3) is 11.0 Å². The number of hydrogen-bond donors (Lipinski definition) is 1. The maximum atomic E-state index is 5.64. The van der Waals surface area contributed by atoms with Crippen LogP contribution in [0.1, 0.15) is 11.4 Å². The smallest absolute Gasteiger partial charge is 0.0910 e. The van der Waals surface area contributed by atoms with Crippen LogP contribution in [0.15, 0.2) is 18.2 Å². The van der Waals surface area contributed by atoms with Gasteiger partial charge in [0.15, 0.2) is 0 Å². The van der Waals surface area contributed by atoms with Crippen LogP contribution in [0.4, 0.5) is 5.69 Å². The van der Waals surface area contributed by atoms with Gasteiger partial charge in [0, 0.05) is 5.69 Å². The Labute approximate surface area is 76.6 Å². The summed E-state index contributed by atoms with van der Waals surface area (Å²) in [5.41, 5.74) is 10.1. The molecule has 0 saturated heterocycles. The molecule has 1 aromatic heterocycles. The van der Waals surface area contributed by atoms with Gasteiger partial charge >= 0.3 is 0 Å². The molecule has 0 aliphatic heterocycles. The fourth-order valence-electron chi connectivity index (χ4n) is 1.25. The summed E-state index contributed by atoms with van der Waals surface area (Å²) in [4.78, 5) is 8.79. The van der Waals surface area contributed by atoms with Crippen molar-refractivity contribution in [1.82, 2.24) is 9.97 Å². The predicted octanol–water partition coefficient (Wildman–Crippen LogP) is 1.83. The monoisotopic (exact) mass is 173 g/mol. The molecule has 13 heavy (non-hydrogen) atoms. The minimum atomic E-state index is 0.727. The number of aryl methyl sites for hydroxylation is 2. The summed E-state index contributed by atoms with van der Waals surface area (Å²) >= 11 is 0. The lowest BCUT2D eigenvalue weighted by Crippen LogP contribution is -1.94. The van der Waals surface area contributed by atoms with Gasteiger partial charge in [0.25, 0.3) is 0 Å². The van der Waals surface area contributed by atoms with Crippen LogP contribution in [0.2, 0.25) is 0 Å². The highest BCUT2D eigenvalue weighted by Crippen LogP contribution is 2.14. The first-order valence-corrected chi connectivity index (χ1v) is 4.17. The van der Waals surface area contributed by atoms with E-state index < -0.39 is 0 Å². The molecule has 0 aliphatic rings. The molecule has 1 aromatic carbocycles. The Morgan fingerprint density at radius 3 is 2.31 bits per heavy atom. The Morgan fingerprint density at radius 2 is 1.62 bits per heavy atom. The molecular formula is C10H11N3. The van der Waals surface area contributed by atoms with E-state index in [1.807, 2.05) is 32.0 Å². The van der Waals surface area contributed by atoms with Gasteiger partial charge in [0.1, 0.15) is 0 Å². The van der Waals surface area contributed by atoms with Gasteiger partial charge < -0.3 is 5.73 Å². The van der Waals surface area contributed by atoms with Crippen molar-refractivity contribution in [2.45, 2.75) is 13.8 Å². The number of benzene rings is 1. The van der Waals surface area contributed by atoms with E-state index in [-0.39, 0.29) is 0 Å². The van der Waals surface area contributed by atoms with E-state index in [1.165, 1.54) is 0 Å². The Balaban J connectivity index is 2.81. The summed E-state index contributed by atoms with van der Waals surface area (Å²) in [6, 6.07) is 5.57. The standard InChI is InChI=1S/C10H11N3/c1-6-7(2)13-10-5-8(11)3-4-9(10)12-6/h3-5H,11H2,1-2H3. The second-order valence-corrected chi connectivity index (χ2v) is 3.14. The van der Waals surface area contributed by atoms with E-state index in [0.717, 1.165) is 28.1 Å². The van der Waals surface area contributed by atoms with Crippen molar-refractivity contribution < 1.29 is 0 Å². The SMILES string of the molecule is Cc1nc2ccc(N)cc2nc1C. The Bertz CT molecular complexity index is 463. The predicted molar refractivity (Wildman–Crippen MR) is 53.4 cm³/mol. The molecule has 0 amide bonds. The van der Waals surface area contributed by atoms with Gasteiger partial charge in [-0.2, -0.15) is 0 Å². The molecule has 2 aromatic rings. The van der Waals surface area contributed by atoms with Crippen molar-refractivity contribution >= 4 is 16.7 Å². The second kappa shape index (κ2) is 2.69. The van der Waals surface area contributed by atoms with Crippen LogP contribution in [-0.2, 0) is 0 Å². The van der Waals surface area contributed by atoms with Crippen LogP contribution < -0.4 is 5.73 Å². The lowest BCUT2D eigenvalue weighted by molar-refractivity contribution is 1.10. The van der Waals surface area contributed by atoms with Crippen LogP contribution in [0, 0.1) is 13.8 Å². The van der Waals surface area contributed by atoms with Crippen molar-refractivity contribution in [2.75, 3.05) is 5.73 Å². The highest BCUT2D eigenvalue weighted by molar-refractivity contribution is 5.78. The van der Waals surface area contributed by atoms with Crippen molar-refractivity contribution in [3.63, 3.8) is 0 Å². The van der Waals surface area contributed by atoms with E-state index in [4.69, 9.17) is 5.73 Å². The first kappa shape index (κ1) is 7.98. The third-order valence-corrected chi connectivity index (χ3v) is 2.10. The van der Waals surface area contributed by atoms with E-state index in [0.29, 0.717) is 0 Å². The Kier molecular flexibility index (Phi) is 1.65. The molecule has 0 aliphatic carbocycles. The average Bonchev–Trinajstić information content (AvgIpc) is 2.08. The number of rotatable bonds is 0. The molecular weight excluding hydrogens is 162 g/mol. The molecule has 2 rings (SSSR count). The number of anilines is 1. The van der Waals surface area contributed by atoms with E-state index in [2.05, 4.69) is 9.97 Å². The van der Waals surface area contributed by atoms with Crippen molar-refractivity contribution in [3.05, 3.63) is 29.6 Å². The number of nitrogens with two attached hydrogens (primary N) is 1. The van der Waals surface area contributed by atoms with Crippen LogP contribution in [0.5, 0.6) is 0 Å². The van der Waals surface area contributed by atoms with Crippen LogP contribution >= 0.6 is 0 Å². The van der Waals surface area contributed by atoms with Gasteiger partial charge in [0.2, 0.25) is 0 Å². The fourth-order valence-corrected chi connectivity index (χ4v) is 1.25. The van der Waals surface area contributed by atoms with Gasteiger partial charge in [0.05, 0.1) is 22.4 Å². The quantitative estimate of drug-likeness (QED) is 0.618. The van der Waals surface area contributed by atoms with Crippen LogP contribution in [0.3, 0.4) is 0 Å². The highest BCUT2D eigenvalue weighted by atomic mass is 14.8. The Hall–Kier alpha value is -1.64. The first-order chi connectivity index (χ1) is 6.16. The highest BCUT2D eigenvalue weighted by Gasteiger charge is 2.00. The number of fused-ring (bicyclic) bond motifs is 1. The largest absolute Gasteiger partial charge is 0.399 e. The molecule has 2 N–H and O–H groups in total. The molecule has 3 nitrogen and oxygen atoms in total.